The first-order chi connectivity index (χ1) is 16.6. The van der Waals surface area contributed by atoms with Crippen LogP contribution >= 0.6 is 23.2 Å². The quantitative estimate of drug-likeness (QED) is 0.171. The number of carbonyl (C=O) groups excluding carboxylic acids is 2. The van der Waals surface area contributed by atoms with Crippen molar-refractivity contribution in [2.45, 2.75) is 6.04 Å². The van der Waals surface area contributed by atoms with Crippen LogP contribution in [0, 0.1) is 11.6 Å². The van der Waals surface area contributed by atoms with Gasteiger partial charge in [0.1, 0.15) is 17.7 Å². The highest BCUT2D eigenvalue weighted by atomic mass is 35.5. The molecule has 3 aromatic carbocycles. The first kappa shape index (κ1) is 25.9. The van der Waals surface area contributed by atoms with Gasteiger partial charge in [0.25, 0.3) is 5.91 Å². The minimum Gasteiger partial charge on any atom is -0.368 e. The second-order valence-electron chi connectivity index (χ2n) is 7.40. The number of nitrogens with zero attached hydrogens (tertiary/aromatic N) is 1. The van der Waals surface area contributed by atoms with Crippen molar-refractivity contribution in [3.05, 3.63) is 118 Å². The van der Waals surface area contributed by atoms with E-state index in [0.717, 1.165) is 23.2 Å². The highest BCUT2D eigenvalue weighted by molar-refractivity contribution is 6.31. The van der Waals surface area contributed by atoms with Gasteiger partial charge in [0.15, 0.2) is 0 Å². The molecule has 2 amide bonds. The molecule has 0 spiro atoms. The molecule has 35 heavy (non-hydrogen) atoms. The molecule has 0 heterocycles. The number of rotatable bonds is 8. The molecule has 0 unspecified atom stereocenters. The molecule has 0 aliphatic heterocycles. The number of hydrogen-bond acceptors (Lipinski definition) is 4. The number of carbonyl (C=O) groups is 2. The van der Waals surface area contributed by atoms with Crippen LogP contribution < -0.4 is 21.9 Å². The maximum absolute atomic E-state index is 14.1. The number of hydrogen-bond donors (Lipinski definition) is 3. The zero-order valence-corrected chi connectivity index (χ0v) is 19.7. The van der Waals surface area contributed by atoms with Crippen LogP contribution in [-0.4, -0.2) is 11.8 Å². The van der Waals surface area contributed by atoms with E-state index in [1.807, 2.05) is 0 Å². The lowest BCUT2D eigenvalue weighted by Gasteiger charge is -2.24. The highest BCUT2D eigenvalue weighted by Crippen LogP contribution is 2.30. The molecule has 0 aliphatic carbocycles. The zero-order valence-electron chi connectivity index (χ0n) is 18.1. The number of amides is 2. The van der Waals surface area contributed by atoms with E-state index in [-0.39, 0.29) is 32.6 Å². The molecule has 3 aromatic rings. The van der Waals surface area contributed by atoms with Crippen molar-refractivity contribution in [1.29, 1.82) is 0 Å². The fourth-order valence-electron chi connectivity index (χ4n) is 3.19. The van der Waals surface area contributed by atoms with Gasteiger partial charge >= 0.3 is 0 Å². The number of benzene rings is 3. The van der Waals surface area contributed by atoms with Crippen molar-refractivity contribution in [1.82, 2.24) is 5.32 Å². The SMILES string of the molecule is C=C(/C=C(/c1cc(F)cc(Cl)c1)N(N)c1ccc(F)c(Cl)c1)C(=O)N[C@@H](C(N)=O)c1ccccc1. The Labute approximate surface area is 210 Å². The van der Waals surface area contributed by atoms with Gasteiger partial charge in [-0.2, -0.15) is 0 Å². The average Bonchev–Trinajstić information content (AvgIpc) is 2.81. The molecular formula is C25H20Cl2F2N4O2. The van der Waals surface area contributed by atoms with Gasteiger partial charge in [-0.15, -0.1) is 0 Å². The van der Waals surface area contributed by atoms with E-state index >= 15 is 0 Å². The van der Waals surface area contributed by atoms with E-state index in [4.69, 9.17) is 34.8 Å². The van der Waals surface area contributed by atoms with E-state index in [1.54, 1.807) is 30.3 Å². The van der Waals surface area contributed by atoms with Crippen molar-refractivity contribution >= 4 is 46.4 Å². The molecule has 0 aromatic heterocycles. The van der Waals surface area contributed by atoms with Gasteiger partial charge in [0.05, 0.1) is 16.4 Å². The molecule has 0 saturated carbocycles. The molecule has 3 rings (SSSR count). The van der Waals surface area contributed by atoms with Crippen LogP contribution in [0.4, 0.5) is 14.5 Å². The van der Waals surface area contributed by atoms with E-state index in [0.29, 0.717) is 5.56 Å². The molecule has 5 N–H and O–H groups in total. The third-order valence-corrected chi connectivity index (χ3v) is 5.40. The summed E-state index contributed by atoms with van der Waals surface area (Å²) in [6.07, 6.45) is 1.26. The molecule has 1 atom stereocenters. The van der Waals surface area contributed by atoms with Crippen molar-refractivity contribution in [2.24, 2.45) is 11.6 Å². The van der Waals surface area contributed by atoms with E-state index in [2.05, 4.69) is 11.9 Å². The number of halogens is 4. The lowest BCUT2D eigenvalue weighted by atomic mass is 10.0. The molecule has 0 fully saturated rings. The zero-order chi connectivity index (χ0) is 25.7. The smallest absolute Gasteiger partial charge is 0.251 e. The predicted octanol–water partition coefficient (Wildman–Crippen LogP) is 4.89. The first-order valence-electron chi connectivity index (χ1n) is 10.1. The monoisotopic (exact) mass is 516 g/mol. The van der Waals surface area contributed by atoms with Crippen LogP contribution in [-0.2, 0) is 9.59 Å². The lowest BCUT2D eigenvalue weighted by molar-refractivity contribution is -0.125. The topological polar surface area (TPSA) is 101 Å². The summed E-state index contributed by atoms with van der Waals surface area (Å²) in [7, 11) is 0. The lowest BCUT2D eigenvalue weighted by Crippen LogP contribution is -2.38. The summed E-state index contributed by atoms with van der Waals surface area (Å²) < 4.78 is 27.8. The number of hydrazine groups is 1. The molecule has 6 nitrogen and oxygen atoms in total. The Balaban J connectivity index is 2.00. The predicted molar refractivity (Wildman–Crippen MR) is 133 cm³/mol. The van der Waals surface area contributed by atoms with Gasteiger partial charge in [0, 0.05) is 16.2 Å². The minimum atomic E-state index is -1.12. The number of nitrogens with one attached hydrogen (secondary N) is 1. The first-order valence-corrected chi connectivity index (χ1v) is 10.8. The summed E-state index contributed by atoms with van der Waals surface area (Å²) >= 11 is 11.9. The normalized spacial score (nSPS) is 12.1. The summed E-state index contributed by atoms with van der Waals surface area (Å²) in [4.78, 5) is 24.9. The number of primary amides is 1. The summed E-state index contributed by atoms with van der Waals surface area (Å²) in [5, 5.41) is 3.46. The second kappa shape index (κ2) is 11.1. The molecule has 0 bridgehead atoms. The van der Waals surface area contributed by atoms with Crippen LogP contribution in [0.5, 0.6) is 0 Å². The molecule has 10 heteroatoms. The Bertz CT molecular complexity index is 1300. The second-order valence-corrected chi connectivity index (χ2v) is 8.24. The van der Waals surface area contributed by atoms with Crippen LogP contribution in [0.15, 0.2) is 85.0 Å². The molecule has 0 saturated heterocycles. The standard InChI is InChI=1S/C25H20Cl2F2N4O2/c1-14(25(35)32-23(24(30)34)15-5-3-2-4-6-15)9-22(16-10-17(26)12-18(28)11-16)33(31)19-7-8-21(29)20(27)13-19/h2-13,23H,1,31H2,(H2,30,34)(H,32,35)/b22-9-/t23-/m1/s1. The van der Waals surface area contributed by atoms with Crippen molar-refractivity contribution in [2.75, 3.05) is 5.01 Å². The Hall–Kier alpha value is -3.72. The summed E-state index contributed by atoms with van der Waals surface area (Å²) in [5.74, 6) is 3.42. The molecular weight excluding hydrogens is 497 g/mol. The Morgan fingerprint density at radius 3 is 2.31 bits per heavy atom. The fraction of sp³-hybridized carbons (Fsp3) is 0.0400. The summed E-state index contributed by atoms with van der Waals surface area (Å²) in [6.45, 7) is 3.74. The molecule has 0 radical (unpaired) electrons. The van der Waals surface area contributed by atoms with Crippen LogP contribution in [0.1, 0.15) is 17.2 Å². The van der Waals surface area contributed by atoms with Gasteiger partial charge in [-0.05, 0) is 48.0 Å². The van der Waals surface area contributed by atoms with Crippen LogP contribution in [0.3, 0.4) is 0 Å². The van der Waals surface area contributed by atoms with Crippen LogP contribution in [0.2, 0.25) is 10.0 Å². The Kier molecular flexibility index (Phi) is 8.24. The maximum atomic E-state index is 14.1. The van der Waals surface area contributed by atoms with Gasteiger partial charge in [-0.3, -0.25) is 14.6 Å². The van der Waals surface area contributed by atoms with Crippen molar-refractivity contribution in [3.8, 4) is 0 Å². The average molecular weight is 517 g/mol. The summed E-state index contributed by atoms with van der Waals surface area (Å²) in [5.41, 5.74) is 6.32. The molecule has 180 valence electrons. The van der Waals surface area contributed by atoms with Gasteiger partial charge < -0.3 is 11.1 Å². The summed E-state index contributed by atoms with van der Waals surface area (Å²) in [6, 6.07) is 14.6. The Morgan fingerprint density at radius 1 is 1.03 bits per heavy atom. The largest absolute Gasteiger partial charge is 0.368 e. The Morgan fingerprint density at radius 2 is 1.71 bits per heavy atom. The van der Waals surface area contributed by atoms with Gasteiger partial charge in [-0.25, -0.2) is 14.6 Å². The van der Waals surface area contributed by atoms with E-state index < -0.39 is 29.5 Å². The van der Waals surface area contributed by atoms with E-state index in [9.17, 15) is 18.4 Å². The fourth-order valence-corrected chi connectivity index (χ4v) is 3.58. The van der Waals surface area contributed by atoms with Gasteiger partial charge in [-0.1, -0.05) is 60.1 Å². The third-order valence-electron chi connectivity index (χ3n) is 4.89. The number of anilines is 1. The van der Waals surface area contributed by atoms with Crippen LogP contribution in [0.25, 0.3) is 5.70 Å². The molecule has 0 aliphatic rings. The maximum Gasteiger partial charge on any atom is 0.251 e. The van der Waals surface area contributed by atoms with E-state index in [1.165, 1.54) is 24.3 Å². The highest BCUT2D eigenvalue weighted by Gasteiger charge is 2.22. The third kappa shape index (κ3) is 6.45. The minimum absolute atomic E-state index is 0.0735. The van der Waals surface area contributed by atoms with Crippen molar-refractivity contribution in [3.63, 3.8) is 0 Å². The van der Waals surface area contributed by atoms with Crippen molar-refractivity contribution < 1.29 is 18.4 Å². The number of nitrogens with two attached hydrogens (primary N) is 2. The van der Waals surface area contributed by atoms with Gasteiger partial charge in [0.2, 0.25) is 5.91 Å².